The van der Waals surface area contributed by atoms with Crippen LogP contribution in [-0.4, -0.2) is 34.6 Å². The van der Waals surface area contributed by atoms with Crippen molar-refractivity contribution in [1.82, 2.24) is 9.97 Å². The van der Waals surface area contributed by atoms with E-state index in [4.69, 9.17) is 0 Å². The van der Waals surface area contributed by atoms with E-state index >= 15 is 0 Å². The first-order valence-electron chi connectivity index (χ1n) is 4.51. The molecule has 1 heterocycles. The molecule has 0 aliphatic carbocycles. The fourth-order valence-electron chi connectivity index (χ4n) is 1.02. The zero-order valence-corrected chi connectivity index (χ0v) is 8.84. The predicted octanol–water partition coefficient (Wildman–Crippen LogP) is 0.0375. The van der Waals surface area contributed by atoms with Gasteiger partial charge >= 0.3 is 5.97 Å². The number of nitrogens with zero attached hydrogens (tertiary/aromatic N) is 2. The van der Waals surface area contributed by atoms with Crippen LogP contribution < -0.4 is 0 Å². The molecule has 0 aliphatic heterocycles. The van der Waals surface area contributed by atoms with Gasteiger partial charge in [0.25, 0.3) is 5.78 Å². The molecule has 0 amide bonds. The number of hydrogen-bond donors (Lipinski definition) is 0. The van der Waals surface area contributed by atoms with E-state index in [9.17, 15) is 14.4 Å². The Hall–Kier alpha value is -2.11. The van der Waals surface area contributed by atoms with Crippen LogP contribution >= 0.6 is 0 Å². The number of ketones is 2. The molecule has 0 fully saturated rings. The molecule has 1 atom stereocenters. The Labute approximate surface area is 91.7 Å². The smallest absolute Gasteiger partial charge is 0.375 e. The molecule has 0 N–H and O–H groups in total. The molecule has 1 aromatic rings. The molecule has 0 aromatic carbocycles. The standard InChI is InChI=1S/C10H10N2O4/c1-6(8(14)10(15)16-2)7(13)9-11-4-3-5-12-9/h3-6H,1-2H3. The number of Topliss-reactive ketones (excluding diaryl/α,β-unsaturated/α-hetero) is 2. The Kier molecular flexibility index (Phi) is 3.82. The van der Waals surface area contributed by atoms with E-state index in [1.165, 1.54) is 19.3 Å². The van der Waals surface area contributed by atoms with Gasteiger partial charge < -0.3 is 4.74 Å². The summed E-state index contributed by atoms with van der Waals surface area (Å²) in [6, 6.07) is 1.55. The minimum Gasteiger partial charge on any atom is -0.463 e. The summed E-state index contributed by atoms with van der Waals surface area (Å²) in [5, 5.41) is 0. The first kappa shape index (κ1) is 12.0. The van der Waals surface area contributed by atoms with Gasteiger partial charge in [-0.15, -0.1) is 0 Å². The lowest BCUT2D eigenvalue weighted by molar-refractivity contribution is -0.152. The molecule has 0 bridgehead atoms. The van der Waals surface area contributed by atoms with E-state index in [0.717, 1.165) is 7.11 Å². The van der Waals surface area contributed by atoms with Crippen LogP contribution in [-0.2, 0) is 14.3 Å². The number of carbonyl (C=O) groups is 3. The summed E-state index contributed by atoms with van der Waals surface area (Å²) in [4.78, 5) is 41.3. The van der Waals surface area contributed by atoms with E-state index in [2.05, 4.69) is 14.7 Å². The highest BCUT2D eigenvalue weighted by Gasteiger charge is 2.30. The van der Waals surface area contributed by atoms with Crippen LogP contribution in [0, 0.1) is 5.92 Å². The normalized spacial score (nSPS) is 11.6. The van der Waals surface area contributed by atoms with E-state index in [1.54, 1.807) is 6.07 Å². The summed E-state index contributed by atoms with van der Waals surface area (Å²) in [5.74, 6) is -3.77. The first-order chi connectivity index (χ1) is 7.57. The lowest BCUT2D eigenvalue weighted by atomic mass is 10.0. The monoisotopic (exact) mass is 222 g/mol. The Morgan fingerprint density at radius 1 is 1.25 bits per heavy atom. The highest BCUT2D eigenvalue weighted by Crippen LogP contribution is 2.06. The number of aromatic nitrogens is 2. The van der Waals surface area contributed by atoms with Crippen LogP contribution in [0.5, 0.6) is 0 Å². The number of esters is 1. The van der Waals surface area contributed by atoms with Gasteiger partial charge in [0.2, 0.25) is 5.78 Å². The summed E-state index contributed by atoms with van der Waals surface area (Å²) in [6.07, 6.45) is 2.77. The Balaban J connectivity index is 2.83. The zero-order chi connectivity index (χ0) is 12.1. The minimum atomic E-state index is -1.13. The Morgan fingerprint density at radius 3 is 2.31 bits per heavy atom. The van der Waals surface area contributed by atoms with Crippen LogP contribution in [0.25, 0.3) is 0 Å². The maximum atomic E-state index is 11.7. The van der Waals surface area contributed by atoms with Crippen LogP contribution in [0.3, 0.4) is 0 Å². The quantitative estimate of drug-likeness (QED) is 0.309. The molecular formula is C10H10N2O4. The topological polar surface area (TPSA) is 86.2 Å². The van der Waals surface area contributed by atoms with Crippen LogP contribution in [0.4, 0.5) is 0 Å². The molecule has 1 aromatic heterocycles. The van der Waals surface area contributed by atoms with Crippen LogP contribution in [0.1, 0.15) is 17.5 Å². The number of carbonyl (C=O) groups excluding carboxylic acids is 3. The Bertz CT molecular complexity index is 416. The largest absolute Gasteiger partial charge is 0.463 e. The van der Waals surface area contributed by atoms with Crippen molar-refractivity contribution in [2.24, 2.45) is 5.92 Å². The average molecular weight is 222 g/mol. The highest BCUT2D eigenvalue weighted by atomic mass is 16.5. The fraction of sp³-hybridized carbons (Fsp3) is 0.300. The van der Waals surface area contributed by atoms with E-state index in [0.29, 0.717) is 0 Å². The first-order valence-corrected chi connectivity index (χ1v) is 4.51. The van der Waals surface area contributed by atoms with E-state index in [-0.39, 0.29) is 5.82 Å². The van der Waals surface area contributed by atoms with Crippen molar-refractivity contribution in [3.8, 4) is 0 Å². The van der Waals surface area contributed by atoms with Gasteiger partial charge in [-0.25, -0.2) is 14.8 Å². The highest BCUT2D eigenvalue weighted by molar-refractivity contribution is 6.39. The second-order valence-electron chi connectivity index (χ2n) is 3.01. The second kappa shape index (κ2) is 5.11. The van der Waals surface area contributed by atoms with Crippen molar-refractivity contribution in [1.29, 1.82) is 0 Å². The molecule has 6 nitrogen and oxygen atoms in total. The molecule has 0 spiro atoms. The van der Waals surface area contributed by atoms with Crippen molar-refractivity contribution in [2.45, 2.75) is 6.92 Å². The molecule has 0 aliphatic rings. The number of methoxy groups -OCH3 is 1. The molecule has 1 unspecified atom stereocenters. The minimum absolute atomic E-state index is 0.0905. The summed E-state index contributed by atoms with van der Waals surface area (Å²) in [5.41, 5.74) is 0. The molecule has 0 radical (unpaired) electrons. The van der Waals surface area contributed by atoms with Gasteiger partial charge in [-0.1, -0.05) is 0 Å². The summed E-state index contributed by atoms with van der Waals surface area (Å²) in [6.45, 7) is 1.32. The maximum absolute atomic E-state index is 11.7. The fourth-order valence-corrected chi connectivity index (χ4v) is 1.02. The van der Waals surface area contributed by atoms with Gasteiger partial charge in [0.15, 0.2) is 5.82 Å². The van der Waals surface area contributed by atoms with Crippen molar-refractivity contribution in [3.63, 3.8) is 0 Å². The lowest BCUT2D eigenvalue weighted by Crippen LogP contribution is -2.29. The van der Waals surface area contributed by atoms with Crippen molar-refractivity contribution < 1.29 is 19.1 Å². The molecule has 1 rings (SSSR count). The third kappa shape index (κ3) is 2.47. The number of rotatable bonds is 4. The van der Waals surface area contributed by atoms with Gasteiger partial charge in [0, 0.05) is 12.4 Å². The average Bonchev–Trinajstić information content (AvgIpc) is 2.36. The van der Waals surface area contributed by atoms with Gasteiger partial charge in [-0.3, -0.25) is 9.59 Å². The summed E-state index contributed by atoms with van der Waals surface area (Å²) in [7, 11) is 1.08. The second-order valence-corrected chi connectivity index (χ2v) is 3.01. The molecule has 0 saturated carbocycles. The Morgan fingerprint density at radius 2 is 1.81 bits per heavy atom. The molecule has 84 valence electrons. The van der Waals surface area contributed by atoms with Gasteiger partial charge in [0.05, 0.1) is 13.0 Å². The third-order valence-corrected chi connectivity index (χ3v) is 1.96. The van der Waals surface area contributed by atoms with Gasteiger partial charge in [-0.05, 0) is 13.0 Å². The van der Waals surface area contributed by atoms with Gasteiger partial charge in [0.1, 0.15) is 0 Å². The predicted molar refractivity (Wildman–Crippen MR) is 52.5 cm³/mol. The molecule has 6 heteroatoms. The maximum Gasteiger partial charge on any atom is 0.375 e. The van der Waals surface area contributed by atoms with Crippen LogP contribution in [0.15, 0.2) is 18.5 Å². The SMILES string of the molecule is COC(=O)C(=O)C(C)C(=O)c1ncccn1. The molecular weight excluding hydrogens is 212 g/mol. The van der Waals surface area contributed by atoms with E-state index in [1.807, 2.05) is 0 Å². The van der Waals surface area contributed by atoms with Crippen molar-refractivity contribution in [2.75, 3.05) is 7.11 Å². The van der Waals surface area contributed by atoms with Crippen molar-refractivity contribution >= 4 is 17.5 Å². The lowest BCUT2D eigenvalue weighted by Gasteiger charge is -2.05. The number of hydrogen-bond acceptors (Lipinski definition) is 6. The van der Waals surface area contributed by atoms with Crippen molar-refractivity contribution in [3.05, 3.63) is 24.3 Å². The van der Waals surface area contributed by atoms with Gasteiger partial charge in [-0.2, -0.15) is 0 Å². The zero-order valence-electron chi connectivity index (χ0n) is 8.84. The third-order valence-electron chi connectivity index (χ3n) is 1.96. The summed E-state index contributed by atoms with van der Waals surface area (Å²) < 4.78 is 4.24. The molecule has 16 heavy (non-hydrogen) atoms. The van der Waals surface area contributed by atoms with Crippen LogP contribution in [0.2, 0.25) is 0 Å². The number of ether oxygens (including phenoxy) is 1. The molecule has 0 saturated heterocycles. The summed E-state index contributed by atoms with van der Waals surface area (Å²) >= 11 is 0. The van der Waals surface area contributed by atoms with E-state index < -0.39 is 23.5 Å².